The molecule has 48 heavy (non-hydrogen) atoms. The van der Waals surface area contributed by atoms with Gasteiger partial charge in [0.15, 0.2) is 0 Å². The lowest BCUT2D eigenvalue weighted by Crippen LogP contribution is -1.85. The Morgan fingerprint density at radius 1 is 0.438 bits per heavy atom. The number of methoxy groups -OCH3 is 2. The highest BCUT2D eigenvalue weighted by Crippen LogP contribution is 2.50. The monoisotopic (exact) mass is 750 g/mol. The van der Waals surface area contributed by atoms with E-state index in [0.29, 0.717) is 0 Å². The quantitative estimate of drug-likeness (QED) is 0.0864. The molecular weight excluding hydrogens is 705 g/mol. The molecule has 0 amide bonds. The van der Waals surface area contributed by atoms with E-state index in [1.54, 1.807) is 14.2 Å². The lowest BCUT2D eigenvalue weighted by atomic mass is 10.1. The molecule has 0 atom stereocenters. The predicted octanol–water partition coefficient (Wildman–Crippen LogP) is 15.3. The SMILES string of the molecule is CCCCCCc1cc(-c2sc(C)cc2OC)sc1-c1ccc(-c2ccc(-c3sc(-c4sc(C)cc4OC)cc3CCCCCC)s2)s1. The first kappa shape index (κ1) is 35.6. The van der Waals surface area contributed by atoms with Gasteiger partial charge in [-0.25, -0.2) is 0 Å². The fraction of sp³-hybridized carbons (Fsp3) is 0.400. The van der Waals surface area contributed by atoms with Gasteiger partial charge in [-0.3, -0.25) is 0 Å². The van der Waals surface area contributed by atoms with E-state index >= 15 is 0 Å². The molecule has 0 N–H and O–H groups in total. The molecule has 6 heterocycles. The molecule has 8 heteroatoms. The molecule has 254 valence electrons. The van der Waals surface area contributed by atoms with E-state index in [4.69, 9.17) is 9.47 Å². The third kappa shape index (κ3) is 8.06. The molecule has 0 aromatic carbocycles. The molecule has 6 aromatic heterocycles. The van der Waals surface area contributed by atoms with Crippen molar-refractivity contribution in [3.05, 3.63) is 69.4 Å². The van der Waals surface area contributed by atoms with E-state index < -0.39 is 0 Å². The molecule has 0 spiro atoms. The molecule has 0 saturated heterocycles. The summed E-state index contributed by atoms with van der Waals surface area (Å²) in [5.41, 5.74) is 2.97. The van der Waals surface area contributed by atoms with Crippen LogP contribution >= 0.6 is 68.0 Å². The largest absolute Gasteiger partial charge is 0.495 e. The predicted molar refractivity (Wildman–Crippen MR) is 219 cm³/mol. The third-order valence-electron chi connectivity index (χ3n) is 8.65. The minimum Gasteiger partial charge on any atom is -0.495 e. The first-order valence-corrected chi connectivity index (χ1v) is 22.1. The summed E-state index contributed by atoms with van der Waals surface area (Å²) in [6.45, 7) is 8.92. The molecule has 6 rings (SSSR count). The lowest BCUT2D eigenvalue weighted by Gasteiger charge is -2.02. The van der Waals surface area contributed by atoms with Crippen LogP contribution in [0.4, 0.5) is 0 Å². The van der Waals surface area contributed by atoms with Crippen molar-refractivity contribution in [2.24, 2.45) is 0 Å². The zero-order valence-electron chi connectivity index (χ0n) is 29.0. The fourth-order valence-electron chi connectivity index (χ4n) is 6.17. The van der Waals surface area contributed by atoms with Crippen LogP contribution in [0.5, 0.6) is 11.5 Å². The van der Waals surface area contributed by atoms with Gasteiger partial charge in [-0.05, 0) is 99.2 Å². The maximum atomic E-state index is 5.79. The molecule has 0 unspecified atom stereocenters. The minimum absolute atomic E-state index is 0.995. The summed E-state index contributed by atoms with van der Waals surface area (Å²) in [5, 5.41) is 0. The van der Waals surface area contributed by atoms with Crippen molar-refractivity contribution >= 4 is 68.0 Å². The number of ether oxygens (including phenoxy) is 2. The molecule has 6 aromatic rings. The second kappa shape index (κ2) is 16.7. The van der Waals surface area contributed by atoms with Gasteiger partial charge in [-0.15, -0.1) is 68.0 Å². The smallest absolute Gasteiger partial charge is 0.138 e. The van der Waals surface area contributed by atoms with Crippen molar-refractivity contribution in [3.63, 3.8) is 0 Å². The highest BCUT2D eigenvalue weighted by molar-refractivity contribution is 7.30. The van der Waals surface area contributed by atoms with E-state index in [2.05, 4.69) is 76.2 Å². The van der Waals surface area contributed by atoms with Crippen molar-refractivity contribution in [2.45, 2.75) is 91.9 Å². The summed E-state index contributed by atoms with van der Waals surface area (Å²) in [5.74, 6) is 1.99. The molecule has 0 aliphatic heterocycles. The minimum atomic E-state index is 0.995. The van der Waals surface area contributed by atoms with Crippen LogP contribution < -0.4 is 9.47 Å². The van der Waals surface area contributed by atoms with E-state index in [1.165, 1.54) is 121 Å². The second-order valence-corrected chi connectivity index (χ2v) is 19.2. The second-order valence-electron chi connectivity index (χ2n) is 12.4. The van der Waals surface area contributed by atoms with Crippen LogP contribution in [0.2, 0.25) is 0 Å². The average molecular weight is 751 g/mol. The molecule has 0 aliphatic rings. The zero-order valence-corrected chi connectivity index (χ0v) is 33.9. The Balaban J connectivity index is 1.31. The van der Waals surface area contributed by atoms with Gasteiger partial charge >= 0.3 is 0 Å². The van der Waals surface area contributed by atoms with Gasteiger partial charge in [0, 0.05) is 48.8 Å². The summed E-state index contributed by atoms with van der Waals surface area (Å²) in [6.07, 6.45) is 12.5. The van der Waals surface area contributed by atoms with E-state index in [0.717, 1.165) is 24.3 Å². The van der Waals surface area contributed by atoms with Crippen molar-refractivity contribution < 1.29 is 9.47 Å². The molecule has 0 aliphatic carbocycles. The maximum Gasteiger partial charge on any atom is 0.138 e. The van der Waals surface area contributed by atoms with Gasteiger partial charge < -0.3 is 9.47 Å². The highest BCUT2D eigenvalue weighted by Gasteiger charge is 2.21. The van der Waals surface area contributed by atoms with Crippen molar-refractivity contribution in [3.8, 4) is 60.3 Å². The van der Waals surface area contributed by atoms with Crippen molar-refractivity contribution in [1.29, 1.82) is 0 Å². The maximum absolute atomic E-state index is 5.79. The highest BCUT2D eigenvalue weighted by atomic mass is 32.1. The summed E-state index contributed by atoms with van der Waals surface area (Å²) in [6, 6.07) is 18.6. The van der Waals surface area contributed by atoms with Crippen LogP contribution in [-0.4, -0.2) is 14.2 Å². The number of rotatable bonds is 17. The number of hydrogen-bond donors (Lipinski definition) is 0. The standard InChI is InChI=1S/C40H46O2S6/c1-7-9-11-13-15-27-23-35(39-29(41-5)21-25(3)43-39)47-37(27)33-19-17-31(45-33)32-18-20-34(46-32)38-28(16-14-12-10-8-2)24-36(48-38)40-30(42-6)22-26(4)44-40/h17-24H,7-16H2,1-6H3. The van der Waals surface area contributed by atoms with Crippen molar-refractivity contribution in [1.82, 2.24) is 0 Å². The van der Waals surface area contributed by atoms with Gasteiger partial charge in [0.25, 0.3) is 0 Å². The zero-order chi connectivity index (χ0) is 33.6. The Morgan fingerprint density at radius 3 is 1.25 bits per heavy atom. The Morgan fingerprint density at radius 2 is 0.854 bits per heavy atom. The molecule has 0 saturated carbocycles. The summed E-state index contributed by atoms with van der Waals surface area (Å²) in [4.78, 5) is 16.1. The average Bonchev–Trinajstić information content (AvgIpc) is 3.93. The van der Waals surface area contributed by atoms with Crippen molar-refractivity contribution in [2.75, 3.05) is 14.2 Å². The fourth-order valence-corrected chi connectivity index (χ4v) is 13.2. The molecule has 0 radical (unpaired) electrons. The van der Waals surface area contributed by atoms with Gasteiger partial charge in [-0.2, -0.15) is 0 Å². The molecule has 0 bridgehead atoms. The summed E-state index contributed by atoms with van der Waals surface area (Å²) >= 11 is 11.4. The molecular formula is C40H46O2S6. The Bertz CT molecular complexity index is 1780. The number of hydrogen-bond acceptors (Lipinski definition) is 8. The van der Waals surface area contributed by atoms with E-state index in [1.807, 2.05) is 68.0 Å². The van der Waals surface area contributed by atoms with Gasteiger partial charge in [0.2, 0.25) is 0 Å². The van der Waals surface area contributed by atoms with Gasteiger partial charge in [-0.1, -0.05) is 52.4 Å². The summed E-state index contributed by atoms with van der Waals surface area (Å²) < 4.78 is 11.6. The topological polar surface area (TPSA) is 18.5 Å². The van der Waals surface area contributed by atoms with Crippen LogP contribution in [0.3, 0.4) is 0 Å². The number of aryl methyl sites for hydroxylation is 4. The summed E-state index contributed by atoms with van der Waals surface area (Å²) in [7, 11) is 3.58. The number of unbranched alkanes of at least 4 members (excludes halogenated alkanes) is 6. The molecule has 2 nitrogen and oxygen atoms in total. The van der Waals surface area contributed by atoms with Gasteiger partial charge in [0.1, 0.15) is 11.5 Å². The van der Waals surface area contributed by atoms with Crippen LogP contribution in [0.15, 0.2) is 48.5 Å². The van der Waals surface area contributed by atoms with Crippen LogP contribution in [-0.2, 0) is 12.8 Å². The molecule has 0 fully saturated rings. The van der Waals surface area contributed by atoms with E-state index in [-0.39, 0.29) is 0 Å². The number of thiophene rings is 6. The Labute approximate surface area is 311 Å². The first-order valence-electron chi connectivity index (χ1n) is 17.2. The first-order chi connectivity index (χ1) is 23.4. The van der Waals surface area contributed by atoms with Crippen LogP contribution in [0.25, 0.3) is 48.8 Å². The Kier molecular flexibility index (Phi) is 12.4. The van der Waals surface area contributed by atoms with E-state index in [9.17, 15) is 0 Å². The van der Waals surface area contributed by atoms with Gasteiger partial charge in [0.05, 0.1) is 24.0 Å². The van der Waals surface area contributed by atoms with Crippen LogP contribution in [0.1, 0.15) is 86.1 Å². The lowest BCUT2D eigenvalue weighted by molar-refractivity contribution is 0.418. The Hall–Kier alpha value is -2.20. The van der Waals surface area contributed by atoms with Crippen LogP contribution in [0, 0.1) is 13.8 Å². The normalized spacial score (nSPS) is 11.5. The third-order valence-corrected chi connectivity index (χ3v) is 16.2.